The summed E-state index contributed by atoms with van der Waals surface area (Å²) in [5, 5.41) is 0. The molecule has 4 rings (SSSR count). The third-order valence-corrected chi connectivity index (χ3v) is 4.69. The van der Waals surface area contributed by atoms with Crippen molar-refractivity contribution in [2.24, 2.45) is 7.05 Å². The summed E-state index contributed by atoms with van der Waals surface area (Å²) in [5.74, 6) is 0. The van der Waals surface area contributed by atoms with Crippen molar-refractivity contribution in [2.45, 2.75) is 31.8 Å². The van der Waals surface area contributed by atoms with Gasteiger partial charge in [-0.25, -0.2) is 9.78 Å². The van der Waals surface area contributed by atoms with E-state index in [2.05, 4.69) is 14.9 Å². The van der Waals surface area contributed by atoms with Crippen LogP contribution in [0.1, 0.15) is 12.8 Å². The van der Waals surface area contributed by atoms with Crippen molar-refractivity contribution in [3.05, 3.63) is 27.2 Å². The van der Waals surface area contributed by atoms with Gasteiger partial charge in [-0.2, -0.15) is 0 Å². The maximum atomic E-state index is 12.1. The predicted octanol–water partition coefficient (Wildman–Crippen LogP) is -0.739. The summed E-state index contributed by atoms with van der Waals surface area (Å²) in [6.45, 7) is 3.94. The maximum absolute atomic E-state index is 12.1. The van der Waals surface area contributed by atoms with Crippen molar-refractivity contribution in [2.75, 3.05) is 26.2 Å². The number of hydrogen-bond donors (Lipinski definition) is 1. The van der Waals surface area contributed by atoms with Crippen LogP contribution in [0.3, 0.4) is 0 Å². The van der Waals surface area contributed by atoms with Gasteiger partial charge in [-0.05, 0) is 25.9 Å². The third-order valence-electron chi connectivity index (χ3n) is 4.69. The van der Waals surface area contributed by atoms with Crippen molar-refractivity contribution < 1.29 is 9.47 Å². The molecular weight excluding hydrogens is 314 g/mol. The van der Waals surface area contributed by atoms with Crippen molar-refractivity contribution in [3.63, 3.8) is 0 Å². The molecule has 0 spiro atoms. The minimum absolute atomic E-state index is 0.133. The number of nitrogens with one attached hydrogen (secondary N) is 1. The molecule has 2 aromatic heterocycles. The Morgan fingerprint density at radius 1 is 1.29 bits per heavy atom. The normalized spacial score (nSPS) is 25.0. The van der Waals surface area contributed by atoms with Gasteiger partial charge in [-0.1, -0.05) is 0 Å². The first-order valence-electron chi connectivity index (χ1n) is 8.25. The van der Waals surface area contributed by atoms with E-state index < -0.39 is 11.2 Å². The molecule has 1 N–H and O–H groups in total. The van der Waals surface area contributed by atoms with Gasteiger partial charge in [0.1, 0.15) is 6.10 Å². The average molecular weight is 335 g/mol. The Morgan fingerprint density at radius 2 is 2.08 bits per heavy atom. The first-order valence-corrected chi connectivity index (χ1v) is 8.25. The molecule has 9 nitrogen and oxygen atoms in total. The van der Waals surface area contributed by atoms with Gasteiger partial charge in [0, 0.05) is 13.6 Å². The summed E-state index contributed by atoms with van der Waals surface area (Å²) in [7, 11) is 1.58. The largest absolute Gasteiger partial charge is 0.349 e. The Hall–Kier alpha value is -1.97. The van der Waals surface area contributed by atoms with Gasteiger partial charge in [-0.15, -0.1) is 0 Å². The lowest BCUT2D eigenvalue weighted by Gasteiger charge is -2.19. The van der Waals surface area contributed by atoms with Gasteiger partial charge in [-0.3, -0.25) is 19.2 Å². The van der Waals surface area contributed by atoms with Crippen LogP contribution in [0.5, 0.6) is 0 Å². The zero-order chi connectivity index (χ0) is 16.7. The van der Waals surface area contributed by atoms with Crippen LogP contribution in [0.15, 0.2) is 15.9 Å². The fourth-order valence-corrected chi connectivity index (χ4v) is 3.42. The molecule has 4 heterocycles. The van der Waals surface area contributed by atoms with Crippen LogP contribution >= 0.6 is 0 Å². The molecular formula is C15H21N5O4. The number of rotatable bonds is 4. The van der Waals surface area contributed by atoms with Crippen LogP contribution in [0.25, 0.3) is 11.2 Å². The van der Waals surface area contributed by atoms with Crippen LogP contribution in [0.2, 0.25) is 0 Å². The molecule has 0 bridgehead atoms. The number of aromatic nitrogens is 4. The summed E-state index contributed by atoms with van der Waals surface area (Å²) in [4.78, 5) is 32.6. The summed E-state index contributed by atoms with van der Waals surface area (Å²) in [6, 6.07) is 0. The molecule has 0 radical (unpaired) electrons. The van der Waals surface area contributed by atoms with Crippen molar-refractivity contribution in [1.82, 2.24) is 24.0 Å². The topological polar surface area (TPSA) is 94.4 Å². The van der Waals surface area contributed by atoms with Gasteiger partial charge in [0.05, 0.1) is 19.5 Å². The number of fused-ring (bicyclic) bond motifs is 1. The number of likely N-dealkylation sites (tertiary alicyclic amines) is 1. The third kappa shape index (κ3) is 2.79. The predicted molar refractivity (Wildman–Crippen MR) is 85.9 cm³/mol. The van der Waals surface area contributed by atoms with Crippen molar-refractivity contribution in [1.29, 1.82) is 0 Å². The minimum atomic E-state index is -0.469. The van der Waals surface area contributed by atoms with Crippen LogP contribution in [-0.2, 0) is 23.1 Å². The second-order valence-corrected chi connectivity index (χ2v) is 6.42. The van der Waals surface area contributed by atoms with E-state index in [1.807, 2.05) is 0 Å². The van der Waals surface area contributed by atoms with E-state index >= 15 is 0 Å². The van der Waals surface area contributed by atoms with E-state index in [9.17, 15) is 9.59 Å². The lowest BCUT2D eigenvalue weighted by Crippen LogP contribution is -2.32. The van der Waals surface area contributed by atoms with Gasteiger partial charge in [0.15, 0.2) is 17.5 Å². The number of aromatic amines is 1. The zero-order valence-electron chi connectivity index (χ0n) is 13.6. The van der Waals surface area contributed by atoms with E-state index in [-0.39, 0.29) is 12.4 Å². The quantitative estimate of drug-likeness (QED) is 0.791. The summed E-state index contributed by atoms with van der Waals surface area (Å²) in [6.07, 6.45) is 3.69. The fraction of sp³-hybridized carbons (Fsp3) is 0.667. The maximum Gasteiger partial charge on any atom is 0.329 e. The number of imidazole rings is 1. The van der Waals surface area contributed by atoms with Crippen LogP contribution in [0, 0.1) is 0 Å². The molecule has 2 saturated heterocycles. The van der Waals surface area contributed by atoms with Gasteiger partial charge < -0.3 is 14.0 Å². The van der Waals surface area contributed by atoms with Gasteiger partial charge in [0.25, 0.3) is 5.56 Å². The number of nitrogens with zero attached hydrogens (tertiary/aromatic N) is 4. The Morgan fingerprint density at radius 3 is 2.88 bits per heavy atom. The van der Waals surface area contributed by atoms with E-state index in [1.165, 1.54) is 17.4 Å². The standard InChI is InChI=1S/C15H21N5O4/c1-18-13-12(14(21)17-15(18)22)20(9-16-13)6-10-8-23-11(24-10)7-19-4-2-3-5-19/h9-11H,2-8H2,1H3,(H,17,21,22). The first kappa shape index (κ1) is 15.6. The van der Waals surface area contributed by atoms with E-state index in [1.54, 1.807) is 17.9 Å². The van der Waals surface area contributed by atoms with Gasteiger partial charge >= 0.3 is 5.69 Å². The molecule has 9 heteroatoms. The average Bonchev–Trinajstić information content (AvgIpc) is 3.27. The fourth-order valence-electron chi connectivity index (χ4n) is 3.42. The van der Waals surface area contributed by atoms with Crippen molar-refractivity contribution >= 4 is 11.2 Å². The highest BCUT2D eigenvalue weighted by Crippen LogP contribution is 2.18. The molecule has 2 aromatic rings. The number of H-pyrrole nitrogens is 1. The highest BCUT2D eigenvalue weighted by atomic mass is 16.7. The SMILES string of the molecule is Cn1c(=O)[nH]c(=O)c2c1ncn2CC1COC(CN2CCCC2)O1. The van der Waals surface area contributed by atoms with Crippen LogP contribution < -0.4 is 11.2 Å². The molecule has 0 amide bonds. The molecule has 2 aliphatic heterocycles. The van der Waals surface area contributed by atoms with Crippen LogP contribution in [-0.4, -0.2) is 62.6 Å². The lowest BCUT2D eigenvalue weighted by molar-refractivity contribution is -0.0742. The number of hydrogen-bond acceptors (Lipinski definition) is 6. The molecule has 24 heavy (non-hydrogen) atoms. The van der Waals surface area contributed by atoms with Crippen molar-refractivity contribution in [3.8, 4) is 0 Å². The summed E-state index contributed by atoms with van der Waals surface area (Å²) < 4.78 is 14.7. The summed E-state index contributed by atoms with van der Waals surface area (Å²) >= 11 is 0. The van der Waals surface area contributed by atoms with E-state index in [0.29, 0.717) is 24.3 Å². The van der Waals surface area contributed by atoms with Crippen LogP contribution in [0.4, 0.5) is 0 Å². The van der Waals surface area contributed by atoms with E-state index in [0.717, 1.165) is 19.6 Å². The molecule has 0 aliphatic carbocycles. The second-order valence-electron chi connectivity index (χ2n) is 6.42. The minimum Gasteiger partial charge on any atom is -0.349 e. The molecule has 130 valence electrons. The smallest absolute Gasteiger partial charge is 0.329 e. The van der Waals surface area contributed by atoms with Gasteiger partial charge in [0.2, 0.25) is 0 Å². The Labute approximate surface area is 137 Å². The van der Waals surface area contributed by atoms with E-state index in [4.69, 9.17) is 9.47 Å². The summed E-state index contributed by atoms with van der Waals surface area (Å²) in [5.41, 5.74) is -0.151. The molecule has 0 saturated carbocycles. The monoisotopic (exact) mass is 335 g/mol. The molecule has 2 fully saturated rings. The number of aryl methyl sites for hydroxylation is 1. The second kappa shape index (κ2) is 6.15. The Balaban J connectivity index is 1.48. The molecule has 2 aliphatic rings. The number of ether oxygens (including phenoxy) is 2. The molecule has 0 aromatic carbocycles. The molecule has 2 unspecified atom stereocenters. The zero-order valence-corrected chi connectivity index (χ0v) is 13.6. The Kier molecular flexibility index (Phi) is 3.99. The first-order chi connectivity index (χ1) is 11.6. The Bertz CT molecular complexity index is 848. The highest BCUT2D eigenvalue weighted by Gasteiger charge is 2.29. The molecule has 2 atom stereocenters. The lowest BCUT2D eigenvalue weighted by atomic mass is 10.3. The highest BCUT2D eigenvalue weighted by molar-refractivity contribution is 5.69.